The summed E-state index contributed by atoms with van der Waals surface area (Å²) in [5.74, 6) is -0.465. The van der Waals surface area contributed by atoms with E-state index >= 15 is 0 Å². The molecule has 1 aliphatic rings. The molecule has 8 nitrogen and oxygen atoms in total. The quantitative estimate of drug-likeness (QED) is 0.701. The fourth-order valence-electron chi connectivity index (χ4n) is 3.20. The molecule has 1 N–H and O–H groups in total. The molecule has 0 bridgehead atoms. The maximum atomic E-state index is 13.0. The zero-order valence-electron chi connectivity index (χ0n) is 14.9. The minimum Gasteiger partial charge on any atom is -0.317 e. The third-order valence-electron chi connectivity index (χ3n) is 4.65. The lowest BCUT2D eigenvalue weighted by atomic mass is 10.2. The monoisotopic (exact) mass is 419 g/mol. The van der Waals surface area contributed by atoms with E-state index in [4.69, 9.17) is 11.6 Å². The average Bonchev–Trinajstić information content (AvgIpc) is 3.12. The molecule has 10 heteroatoms. The van der Waals surface area contributed by atoms with Crippen molar-refractivity contribution in [2.45, 2.75) is 24.2 Å². The number of anilines is 1. The topological polar surface area (TPSA) is 96.7 Å². The fraction of sp³-hybridized carbons (Fsp3) is 0.278. The first-order chi connectivity index (χ1) is 13.5. The van der Waals surface area contributed by atoms with Crippen molar-refractivity contribution in [2.75, 3.05) is 18.4 Å². The van der Waals surface area contributed by atoms with Crippen LogP contribution in [-0.4, -0.2) is 46.3 Å². The summed E-state index contributed by atoms with van der Waals surface area (Å²) in [6, 6.07) is 5.97. The molecule has 1 aliphatic heterocycles. The Bertz CT molecular complexity index is 1140. The molecule has 0 aliphatic carbocycles. The molecular weight excluding hydrogens is 402 g/mol. The summed E-state index contributed by atoms with van der Waals surface area (Å²) in [6.45, 7) is 0.923. The van der Waals surface area contributed by atoms with E-state index in [1.54, 1.807) is 18.5 Å². The van der Waals surface area contributed by atoms with Crippen molar-refractivity contribution < 1.29 is 13.2 Å². The van der Waals surface area contributed by atoms with Crippen LogP contribution < -0.4 is 5.32 Å². The molecule has 2 aromatic heterocycles. The maximum absolute atomic E-state index is 13.0. The van der Waals surface area contributed by atoms with E-state index in [2.05, 4.69) is 15.4 Å². The lowest BCUT2D eigenvalue weighted by molar-refractivity contribution is 0.102. The first-order valence-electron chi connectivity index (χ1n) is 8.86. The summed E-state index contributed by atoms with van der Waals surface area (Å²) < 4.78 is 28.9. The van der Waals surface area contributed by atoms with Crippen LogP contribution in [-0.2, 0) is 10.0 Å². The molecule has 1 amide bonds. The third-order valence-corrected chi connectivity index (χ3v) is 7.03. The van der Waals surface area contributed by atoms with E-state index in [1.807, 2.05) is 0 Å². The second-order valence-corrected chi connectivity index (χ2v) is 8.82. The Morgan fingerprint density at radius 2 is 1.96 bits per heavy atom. The number of rotatable bonds is 4. The van der Waals surface area contributed by atoms with Gasteiger partial charge in [0.2, 0.25) is 10.0 Å². The van der Waals surface area contributed by atoms with E-state index in [-0.39, 0.29) is 15.5 Å². The van der Waals surface area contributed by atoms with Crippen LogP contribution in [0, 0.1) is 0 Å². The Morgan fingerprint density at radius 3 is 2.75 bits per heavy atom. The minimum atomic E-state index is -3.75. The number of carbonyl (C=O) groups is 1. The number of nitrogens with one attached hydrogen (secondary N) is 1. The van der Waals surface area contributed by atoms with E-state index in [9.17, 15) is 13.2 Å². The van der Waals surface area contributed by atoms with Gasteiger partial charge in [0.15, 0.2) is 5.65 Å². The molecule has 0 unspecified atom stereocenters. The van der Waals surface area contributed by atoms with Gasteiger partial charge in [-0.3, -0.25) is 4.79 Å². The zero-order chi connectivity index (χ0) is 19.7. The Hall–Kier alpha value is -2.49. The number of fused-ring (bicyclic) bond motifs is 1. The minimum absolute atomic E-state index is 0.0540. The second-order valence-electron chi connectivity index (χ2n) is 6.51. The smallest absolute Gasteiger partial charge is 0.255 e. The highest BCUT2D eigenvalue weighted by Crippen LogP contribution is 2.28. The Labute approximate surface area is 167 Å². The molecule has 3 heterocycles. The van der Waals surface area contributed by atoms with Crippen molar-refractivity contribution in [3.63, 3.8) is 0 Å². The van der Waals surface area contributed by atoms with Gasteiger partial charge in [0.05, 0.1) is 11.2 Å². The molecule has 0 spiro atoms. The first kappa shape index (κ1) is 18.9. The lowest BCUT2D eigenvalue weighted by Gasteiger charge is -2.26. The zero-order valence-corrected chi connectivity index (χ0v) is 16.4. The molecule has 3 aromatic rings. The maximum Gasteiger partial charge on any atom is 0.255 e. The molecule has 0 saturated carbocycles. The van der Waals surface area contributed by atoms with Gasteiger partial charge in [-0.1, -0.05) is 18.0 Å². The number of hydrogen-bond acceptors (Lipinski definition) is 5. The number of hydrogen-bond donors (Lipinski definition) is 1. The van der Waals surface area contributed by atoms with Crippen LogP contribution in [0.5, 0.6) is 0 Å². The average molecular weight is 420 g/mol. The van der Waals surface area contributed by atoms with Gasteiger partial charge in [0.1, 0.15) is 10.6 Å². The molecular formula is C18H18ClN5O3S. The van der Waals surface area contributed by atoms with Crippen LogP contribution in [0.4, 0.5) is 5.69 Å². The van der Waals surface area contributed by atoms with Crippen molar-refractivity contribution in [1.29, 1.82) is 0 Å². The van der Waals surface area contributed by atoms with Crippen molar-refractivity contribution in [3.05, 3.63) is 53.4 Å². The number of amides is 1. The predicted molar refractivity (Wildman–Crippen MR) is 105 cm³/mol. The molecule has 1 fully saturated rings. The van der Waals surface area contributed by atoms with E-state index in [0.29, 0.717) is 24.4 Å². The Balaban J connectivity index is 1.63. The predicted octanol–water partition coefficient (Wildman–Crippen LogP) is 2.81. The SMILES string of the molecule is O=C(Nc1cnn2cccnc12)c1ccc(Cl)c(S(=O)(=O)N2CCCCC2)c1. The number of sulfonamides is 1. The van der Waals surface area contributed by atoms with E-state index in [0.717, 1.165) is 19.3 Å². The highest BCUT2D eigenvalue weighted by atomic mass is 35.5. The van der Waals surface area contributed by atoms with Crippen LogP contribution in [0.15, 0.2) is 47.8 Å². The Kier molecular flexibility index (Phi) is 5.05. The first-order valence-corrected chi connectivity index (χ1v) is 10.7. The molecule has 4 rings (SSSR count). The van der Waals surface area contributed by atoms with Gasteiger partial charge in [-0.2, -0.15) is 9.40 Å². The number of aromatic nitrogens is 3. The number of benzene rings is 1. The van der Waals surface area contributed by atoms with Gasteiger partial charge in [-0.15, -0.1) is 0 Å². The van der Waals surface area contributed by atoms with Crippen molar-refractivity contribution in [3.8, 4) is 0 Å². The molecule has 0 radical (unpaired) electrons. The third kappa shape index (κ3) is 3.48. The van der Waals surface area contributed by atoms with Gasteiger partial charge < -0.3 is 5.32 Å². The molecule has 1 saturated heterocycles. The van der Waals surface area contributed by atoms with Crippen molar-refractivity contribution >= 4 is 38.9 Å². The standard InChI is InChI=1S/C18H18ClN5O3S/c19-14-6-5-13(11-16(14)28(26,27)23-8-2-1-3-9-23)18(25)22-15-12-21-24-10-4-7-20-17(15)24/h4-7,10-12H,1-3,8-9H2,(H,22,25). The van der Waals surface area contributed by atoms with Crippen LogP contribution >= 0.6 is 11.6 Å². The number of nitrogens with zero attached hydrogens (tertiary/aromatic N) is 4. The summed E-state index contributed by atoms with van der Waals surface area (Å²) in [7, 11) is -3.75. The van der Waals surface area contributed by atoms with E-state index in [1.165, 1.54) is 33.2 Å². The Morgan fingerprint density at radius 1 is 1.18 bits per heavy atom. The highest BCUT2D eigenvalue weighted by Gasteiger charge is 2.28. The molecule has 0 atom stereocenters. The number of halogens is 1. The van der Waals surface area contributed by atoms with E-state index < -0.39 is 15.9 Å². The van der Waals surface area contributed by atoms with Crippen LogP contribution in [0.1, 0.15) is 29.6 Å². The van der Waals surface area contributed by atoms with Gasteiger partial charge >= 0.3 is 0 Å². The second kappa shape index (κ2) is 7.50. The van der Waals surface area contributed by atoms with Gasteiger partial charge in [0, 0.05) is 31.0 Å². The van der Waals surface area contributed by atoms with Gasteiger partial charge in [0.25, 0.3) is 5.91 Å². The summed E-state index contributed by atoms with van der Waals surface area (Å²) in [5.41, 5.74) is 1.11. The van der Waals surface area contributed by atoms with Crippen molar-refractivity contribution in [2.24, 2.45) is 0 Å². The summed E-state index contributed by atoms with van der Waals surface area (Å²) >= 11 is 6.16. The molecule has 1 aromatic carbocycles. The van der Waals surface area contributed by atoms with Crippen LogP contribution in [0.3, 0.4) is 0 Å². The van der Waals surface area contributed by atoms with Gasteiger partial charge in [-0.05, 0) is 37.1 Å². The largest absolute Gasteiger partial charge is 0.317 e. The molecule has 146 valence electrons. The van der Waals surface area contributed by atoms with Gasteiger partial charge in [-0.25, -0.2) is 17.9 Å². The number of carbonyl (C=O) groups excluding carboxylic acids is 1. The van der Waals surface area contributed by atoms with Crippen molar-refractivity contribution in [1.82, 2.24) is 18.9 Å². The summed E-state index contributed by atoms with van der Waals surface area (Å²) in [4.78, 5) is 16.8. The highest BCUT2D eigenvalue weighted by molar-refractivity contribution is 7.89. The van der Waals surface area contributed by atoms with Crippen LogP contribution in [0.25, 0.3) is 5.65 Å². The van der Waals surface area contributed by atoms with Crippen LogP contribution in [0.2, 0.25) is 5.02 Å². The normalized spacial score (nSPS) is 15.6. The fourth-order valence-corrected chi connectivity index (χ4v) is 5.21. The summed E-state index contributed by atoms with van der Waals surface area (Å²) in [5, 5.41) is 6.93. The lowest BCUT2D eigenvalue weighted by Crippen LogP contribution is -2.35. The molecule has 28 heavy (non-hydrogen) atoms. The summed E-state index contributed by atoms with van der Waals surface area (Å²) in [6.07, 6.45) is 7.44. The number of piperidine rings is 1.